The Morgan fingerprint density at radius 3 is 2.48 bits per heavy atom. The Kier molecular flexibility index (Phi) is 7.19. The third-order valence-electron chi connectivity index (χ3n) is 3.57. The van der Waals surface area contributed by atoms with Gasteiger partial charge in [-0.1, -0.05) is 17.7 Å². The van der Waals surface area contributed by atoms with Gasteiger partial charge in [0.2, 0.25) is 5.91 Å². The second-order valence-electron chi connectivity index (χ2n) is 5.61. The van der Waals surface area contributed by atoms with Crippen LogP contribution in [-0.4, -0.2) is 50.0 Å². The van der Waals surface area contributed by atoms with Crippen LogP contribution in [0.3, 0.4) is 0 Å². The lowest BCUT2D eigenvalue weighted by atomic mass is 10.2. The Hall–Kier alpha value is -3.06. The molecule has 2 aromatic carbocycles. The van der Waals surface area contributed by atoms with Gasteiger partial charge in [0.05, 0.1) is 19.2 Å². The highest BCUT2D eigenvalue weighted by atomic mass is 35.5. The summed E-state index contributed by atoms with van der Waals surface area (Å²) >= 11 is 5.75. The van der Waals surface area contributed by atoms with Gasteiger partial charge in [-0.3, -0.25) is 9.59 Å². The van der Waals surface area contributed by atoms with Crippen LogP contribution in [0.2, 0.25) is 5.02 Å². The number of carbonyl (C=O) groups is 3. The molecule has 0 saturated heterocycles. The van der Waals surface area contributed by atoms with Gasteiger partial charge < -0.3 is 19.7 Å². The molecule has 27 heavy (non-hydrogen) atoms. The van der Waals surface area contributed by atoms with Gasteiger partial charge in [0.25, 0.3) is 5.91 Å². The first-order valence-corrected chi connectivity index (χ1v) is 8.37. The Morgan fingerprint density at radius 1 is 1.11 bits per heavy atom. The zero-order valence-corrected chi connectivity index (χ0v) is 15.7. The van der Waals surface area contributed by atoms with Crippen LogP contribution in [0.1, 0.15) is 10.4 Å². The molecule has 0 bridgehead atoms. The fourth-order valence-electron chi connectivity index (χ4n) is 2.11. The second kappa shape index (κ2) is 9.59. The van der Waals surface area contributed by atoms with E-state index in [1.165, 1.54) is 31.2 Å². The molecule has 2 rings (SSSR count). The van der Waals surface area contributed by atoms with E-state index in [0.29, 0.717) is 16.5 Å². The molecule has 1 N–H and O–H groups in total. The third-order valence-corrected chi connectivity index (χ3v) is 3.82. The topological polar surface area (TPSA) is 84.9 Å². The van der Waals surface area contributed by atoms with Crippen molar-refractivity contribution in [2.45, 2.75) is 0 Å². The van der Waals surface area contributed by atoms with Gasteiger partial charge in [0.15, 0.2) is 6.61 Å². The van der Waals surface area contributed by atoms with Gasteiger partial charge in [-0.25, -0.2) is 4.79 Å². The molecule has 142 valence electrons. The van der Waals surface area contributed by atoms with E-state index in [4.69, 9.17) is 21.1 Å². The van der Waals surface area contributed by atoms with Gasteiger partial charge in [-0.2, -0.15) is 0 Å². The Bertz CT molecular complexity index is 823. The van der Waals surface area contributed by atoms with Crippen molar-refractivity contribution < 1.29 is 23.9 Å². The van der Waals surface area contributed by atoms with Crippen molar-refractivity contribution in [3.05, 3.63) is 59.1 Å². The van der Waals surface area contributed by atoms with Crippen LogP contribution in [-0.2, 0) is 14.3 Å². The summed E-state index contributed by atoms with van der Waals surface area (Å²) in [5.41, 5.74) is 0.833. The Labute approximate surface area is 161 Å². The van der Waals surface area contributed by atoms with Crippen molar-refractivity contribution in [1.82, 2.24) is 4.90 Å². The SMILES string of the molecule is COc1cccc(NC(=O)CN(C)C(=O)COC(=O)c2ccc(Cl)cc2)c1. The Balaban J connectivity index is 1.81. The fourth-order valence-corrected chi connectivity index (χ4v) is 2.24. The maximum atomic E-state index is 12.1. The number of halogens is 1. The molecule has 0 fully saturated rings. The van der Waals surface area contributed by atoms with E-state index in [0.717, 1.165) is 0 Å². The molecular formula is C19H19ClN2O5. The predicted molar refractivity (Wildman–Crippen MR) is 101 cm³/mol. The molecule has 0 atom stereocenters. The highest BCUT2D eigenvalue weighted by molar-refractivity contribution is 6.30. The average Bonchev–Trinajstić information content (AvgIpc) is 2.66. The van der Waals surface area contributed by atoms with Crippen LogP contribution < -0.4 is 10.1 Å². The van der Waals surface area contributed by atoms with E-state index in [2.05, 4.69) is 5.32 Å². The number of nitrogens with zero attached hydrogens (tertiary/aromatic N) is 1. The van der Waals surface area contributed by atoms with Gasteiger partial charge >= 0.3 is 5.97 Å². The van der Waals surface area contributed by atoms with E-state index in [1.54, 1.807) is 36.4 Å². The number of hydrogen-bond acceptors (Lipinski definition) is 5. The first-order chi connectivity index (χ1) is 12.9. The van der Waals surface area contributed by atoms with E-state index in [9.17, 15) is 14.4 Å². The van der Waals surface area contributed by atoms with Crippen molar-refractivity contribution in [3.8, 4) is 5.75 Å². The first-order valence-electron chi connectivity index (χ1n) is 7.99. The molecule has 0 saturated carbocycles. The first kappa shape index (κ1) is 20.3. The summed E-state index contributed by atoms with van der Waals surface area (Å²) in [6.07, 6.45) is 0. The minimum atomic E-state index is -0.644. The van der Waals surface area contributed by atoms with Crippen molar-refractivity contribution >= 4 is 35.1 Å². The lowest BCUT2D eigenvalue weighted by molar-refractivity contribution is -0.136. The molecule has 2 amide bonds. The highest BCUT2D eigenvalue weighted by Gasteiger charge is 2.16. The van der Waals surface area contributed by atoms with Crippen LogP contribution in [0.15, 0.2) is 48.5 Å². The molecule has 0 unspecified atom stereocenters. The molecule has 0 heterocycles. The maximum Gasteiger partial charge on any atom is 0.338 e. The summed E-state index contributed by atoms with van der Waals surface area (Å²) in [4.78, 5) is 37.2. The maximum absolute atomic E-state index is 12.1. The number of rotatable bonds is 7. The number of ether oxygens (including phenoxy) is 2. The molecule has 2 aromatic rings. The fraction of sp³-hybridized carbons (Fsp3) is 0.211. The molecule has 0 aliphatic heterocycles. The standard InChI is InChI=1S/C19H19ClN2O5/c1-22(11-17(23)21-15-4-3-5-16(10-15)26-2)18(24)12-27-19(25)13-6-8-14(20)9-7-13/h3-10H,11-12H2,1-2H3,(H,21,23). The average molecular weight is 391 g/mol. The minimum absolute atomic E-state index is 0.186. The smallest absolute Gasteiger partial charge is 0.338 e. The number of hydrogen-bond donors (Lipinski definition) is 1. The summed E-state index contributed by atoms with van der Waals surface area (Å²) in [5, 5.41) is 3.16. The molecule has 0 radical (unpaired) electrons. The summed E-state index contributed by atoms with van der Waals surface area (Å²) in [7, 11) is 2.97. The molecule has 0 spiro atoms. The zero-order chi connectivity index (χ0) is 19.8. The lowest BCUT2D eigenvalue weighted by Gasteiger charge is -2.17. The second-order valence-corrected chi connectivity index (χ2v) is 6.05. The third kappa shape index (κ3) is 6.31. The van der Waals surface area contributed by atoms with Crippen LogP contribution in [0, 0.1) is 0 Å². The molecular weight excluding hydrogens is 372 g/mol. The Morgan fingerprint density at radius 2 is 1.81 bits per heavy atom. The van der Waals surface area contributed by atoms with Crippen molar-refractivity contribution in [2.75, 3.05) is 32.6 Å². The van der Waals surface area contributed by atoms with Gasteiger partial charge in [0, 0.05) is 23.8 Å². The zero-order valence-electron chi connectivity index (χ0n) is 14.9. The van der Waals surface area contributed by atoms with Crippen LogP contribution in [0.5, 0.6) is 5.75 Å². The van der Waals surface area contributed by atoms with E-state index in [-0.39, 0.29) is 18.0 Å². The molecule has 0 aromatic heterocycles. The number of amides is 2. The molecule has 0 aliphatic rings. The van der Waals surface area contributed by atoms with Crippen molar-refractivity contribution in [2.24, 2.45) is 0 Å². The van der Waals surface area contributed by atoms with Crippen LogP contribution >= 0.6 is 11.6 Å². The van der Waals surface area contributed by atoms with E-state index in [1.807, 2.05) is 0 Å². The van der Waals surface area contributed by atoms with Crippen LogP contribution in [0.25, 0.3) is 0 Å². The lowest BCUT2D eigenvalue weighted by Crippen LogP contribution is -2.37. The largest absolute Gasteiger partial charge is 0.497 e. The number of nitrogens with one attached hydrogen (secondary N) is 1. The summed E-state index contributed by atoms with van der Waals surface area (Å²) < 4.78 is 10.0. The molecule has 7 nitrogen and oxygen atoms in total. The summed E-state index contributed by atoms with van der Waals surface area (Å²) in [6.45, 7) is -0.654. The van der Waals surface area contributed by atoms with Gasteiger partial charge in [0.1, 0.15) is 5.75 Å². The summed E-state index contributed by atoms with van der Waals surface area (Å²) in [6, 6.07) is 13.0. The quantitative estimate of drug-likeness (QED) is 0.734. The summed E-state index contributed by atoms with van der Waals surface area (Å²) in [5.74, 6) is -0.929. The molecule has 0 aliphatic carbocycles. The van der Waals surface area contributed by atoms with Crippen molar-refractivity contribution in [3.63, 3.8) is 0 Å². The predicted octanol–water partition coefficient (Wildman–Crippen LogP) is 2.60. The van der Waals surface area contributed by atoms with Gasteiger partial charge in [-0.15, -0.1) is 0 Å². The number of carbonyl (C=O) groups excluding carboxylic acids is 3. The highest BCUT2D eigenvalue weighted by Crippen LogP contribution is 2.16. The number of methoxy groups -OCH3 is 1. The normalized spacial score (nSPS) is 10.0. The number of likely N-dealkylation sites (N-methyl/N-ethyl adjacent to an activating group) is 1. The minimum Gasteiger partial charge on any atom is -0.497 e. The molecule has 8 heteroatoms. The number of esters is 1. The monoisotopic (exact) mass is 390 g/mol. The van der Waals surface area contributed by atoms with Crippen LogP contribution in [0.4, 0.5) is 5.69 Å². The van der Waals surface area contributed by atoms with Crippen molar-refractivity contribution in [1.29, 1.82) is 0 Å². The van der Waals surface area contributed by atoms with Gasteiger partial charge in [-0.05, 0) is 36.4 Å². The number of benzene rings is 2. The van der Waals surface area contributed by atoms with E-state index < -0.39 is 18.5 Å². The van der Waals surface area contributed by atoms with E-state index >= 15 is 0 Å². The number of anilines is 1.